The van der Waals surface area contributed by atoms with Crippen LogP contribution in [0.3, 0.4) is 0 Å². The molecule has 2 nitrogen and oxygen atoms in total. The highest BCUT2D eigenvalue weighted by molar-refractivity contribution is 5.01. The zero-order chi connectivity index (χ0) is 8.65. The van der Waals surface area contributed by atoms with Crippen molar-refractivity contribution in [3.05, 3.63) is 18.0 Å². The molecule has 0 saturated heterocycles. The minimum absolute atomic E-state index is 0.0819. The van der Waals surface area contributed by atoms with Gasteiger partial charge in [-0.15, -0.1) is 0 Å². The monoisotopic (exact) mass is 156 g/mol. The summed E-state index contributed by atoms with van der Waals surface area (Å²) in [6.07, 6.45) is 1.53. The van der Waals surface area contributed by atoms with Crippen molar-refractivity contribution >= 4 is 0 Å². The lowest BCUT2D eigenvalue weighted by molar-refractivity contribution is 0.385. The number of hydrogen-bond acceptors (Lipinski definition) is 1. The fourth-order valence-electron chi connectivity index (χ4n) is 1.06. The summed E-state index contributed by atoms with van der Waals surface area (Å²) in [5.74, 6) is -0.375. The van der Waals surface area contributed by atoms with Gasteiger partial charge in [-0.1, -0.05) is 0 Å². The number of hydrogen-bond donors (Lipinski definition) is 0. The van der Waals surface area contributed by atoms with Gasteiger partial charge >= 0.3 is 0 Å². The van der Waals surface area contributed by atoms with Gasteiger partial charge in [0.25, 0.3) is 0 Å². The molecule has 0 amide bonds. The van der Waals surface area contributed by atoms with Crippen LogP contribution in [0.2, 0.25) is 0 Å². The van der Waals surface area contributed by atoms with Crippen LogP contribution in [0.5, 0.6) is 0 Å². The summed E-state index contributed by atoms with van der Waals surface area (Å²) in [7, 11) is 0. The van der Waals surface area contributed by atoms with Gasteiger partial charge < -0.3 is 4.57 Å². The van der Waals surface area contributed by atoms with E-state index in [1.54, 1.807) is 6.92 Å². The molecule has 1 aromatic heterocycles. The van der Waals surface area contributed by atoms with Crippen molar-refractivity contribution in [2.45, 2.75) is 33.2 Å². The topological polar surface area (TPSA) is 17.8 Å². The van der Waals surface area contributed by atoms with E-state index in [1.165, 1.54) is 6.33 Å². The van der Waals surface area contributed by atoms with Crippen LogP contribution in [0.25, 0.3) is 0 Å². The van der Waals surface area contributed by atoms with Crippen LogP contribution in [0.4, 0.5) is 4.39 Å². The number of aromatic nitrogens is 2. The number of rotatable bonds is 0. The molecular weight excluding hydrogens is 143 g/mol. The Hall–Kier alpha value is -0.860. The molecule has 0 atom stereocenters. The van der Waals surface area contributed by atoms with Crippen LogP contribution in [-0.2, 0) is 5.54 Å². The van der Waals surface area contributed by atoms with E-state index in [1.807, 2.05) is 25.3 Å². The number of halogens is 1. The summed E-state index contributed by atoms with van der Waals surface area (Å²) in [6.45, 7) is 7.77. The largest absolute Gasteiger partial charge is 0.327 e. The van der Waals surface area contributed by atoms with Gasteiger partial charge in [-0.3, -0.25) is 0 Å². The van der Waals surface area contributed by atoms with E-state index in [0.717, 1.165) is 0 Å². The van der Waals surface area contributed by atoms with Crippen molar-refractivity contribution in [3.63, 3.8) is 0 Å². The first kappa shape index (κ1) is 8.24. The Morgan fingerprint density at radius 1 is 1.45 bits per heavy atom. The SMILES string of the molecule is Cc1c(F)ncn1C(C)(C)C. The first-order chi connectivity index (χ1) is 4.93. The maximum Gasteiger partial charge on any atom is 0.233 e. The molecule has 62 valence electrons. The lowest BCUT2D eigenvalue weighted by Crippen LogP contribution is -2.22. The predicted molar refractivity (Wildman–Crippen MR) is 41.9 cm³/mol. The highest BCUT2D eigenvalue weighted by Gasteiger charge is 2.16. The third-order valence-electron chi connectivity index (χ3n) is 1.67. The van der Waals surface area contributed by atoms with Gasteiger partial charge in [0.05, 0.1) is 12.0 Å². The molecule has 1 aromatic rings. The summed E-state index contributed by atoms with van der Waals surface area (Å²) in [4.78, 5) is 3.58. The average molecular weight is 156 g/mol. The van der Waals surface area contributed by atoms with E-state index in [-0.39, 0.29) is 11.5 Å². The lowest BCUT2D eigenvalue weighted by atomic mass is 10.1. The molecule has 0 radical (unpaired) electrons. The molecule has 0 aromatic carbocycles. The van der Waals surface area contributed by atoms with Crippen molar-refractivity contribution in [1.29, 1.82) is 0 Å². The van der Waals surface area contributed by atoms with E-state index < -0.39 is 0 Å². The molecule has 0 aliphatic carbocycles. The van der Waals surface area contributed by atoms with Gasteiger partial charge in [-0.05, 0) is 27.7 Å². The maximum absolute atomic E-state index is 12.7. The summed E-state index contributed by atoms with van der Waals surface area (Å²) < 4.78 is 14.6. The molecule has 0 unspecified atom stereocenters. The molecule has 0 N–H and O–H groups in total. The molecule has 0 saturated carbocycles. The quantitative estimate of drug-likeness (QED) is 0.562. The van der Waals surface area contributed by atoms with Crippen LogP contribution >= 0.6 is 0 Å². The van der Waals surface area contributed by atoms with Crippen molar-refractivity contribution in [1.82, 2.24) is 9.55 Å². The molecule has 0 aliphatic heterocycles. The van der Waals surface area contributed by atoms with Crippen LogP contribution in [0.15, 0.2) is 6.33 Å². The molecule has 0 aliphatic rings. The smallest absolute Gasteiger partial charge is 0.233 e. The molecule has 0 spiro atoms. The summed E-state index contributed by atoms with van der Waals surface area (Å²) >= 11 is 0. The van der Waals surface area contributed by atoms with Crippen molar-refractivity contribution in [2.75, 3.05) is 0 Å². The van der Waals surface area contributed by atoms with Gasteiger partial charge in [0.2, 0.25) is 5.95 Å². The number of imidazole rings is 1. The van der Waals surface area contributed by atoms with Crippen LogP contribution in [0, 0.1) is 12.9 Å². The Labute approximate surface area is 66.1 Å². The Kier molecular flexibility index (Phi) is 1.74. The van der Waals surface area contributed by atoms with Crippen molar-refractivity contribution < 1.29 is 4.39 Å². The Bertz CT molecular complexity index is 258. The molecule has 11 heavy (non-hydrogen) atoms. The average Bonchev–Trinajstić information content (AvgIpc) is 2.11. The van der Waals surface area contributed by atoms with Gasteiger partial charge in [-0.25, -0.2) is 4.98 Å². The van der Waals surface area contributed by atoms with E-state index in [2.05, 4.69) is 4.98 Å². The second-order valence-corrected chi connectivity index (χ2v) is 3.66. The third kappa shape index (κ3) is 1.42. The zero-order valence-corrected chi connectivity index (χ0v) is 7.35. The summed E-state index contributed by atoms with van der Waals surface area (Å²) in [5.41, 5.74) is 0.513. The van der Waals surface area contributed by atoms with Gasteiger partial charge in [-0.2, -0.15) is 4.39 Å². The van der Waals surface area contributed by atoms with E-state index in [9.17, 15) is 4.39 Å². The lowest BCUT2D eigenvalue weighted by Gasteiger charge is -2.21. The number of nitrogens with zero attached hydrogens (tertiary/aromatic N) is 2. The first-order valence-electron chi connectivity index (χ1n) is 3.63. The van der Waals surface area contributed by atoms with Crippen molar-refractivity contribution in [2.24, 2.45) is 0 Å². The van der Waals surface area contributed by atoms with Gasteiger partial charge in [0.15, 0.2) is 0 Å². The van der Waals surface area contributed by atoms with Gasteiger partial charge in [0, 0.05) is 5.54 Å². The second-order valence-electron chi connectivity index (χ2n) is 3.66. The molecule has 0 fully saturated rings. The molecule has 1 heterocycles. The summed E-state index contributed by atoms with van der Waals surface area (Å²) in [6, 6.07) is 0. The minimum Gasteiger partial charge on any atom is -0.327 e. The first-order valence-corrected chi connectivity index (χ1v) is 3.63. The molecule has 0 bridgehead atoms. The van der Waals surface area contributed by atoms with Crippen molar-refractivity contribution in [3.8, 4) is 0 Å². The Morgan fingerprint density at radius 2 is 2.00 bits per heavy atom. The molecule has 3 heteroatoms. The van der Waals surface area contributed by atoms with Crippen LogP contribution in [-0.4, -0.2) is 9.55 Å². The zero-order valence-electron chi connectivity index (χ0n) is 7.35. The van der Waals surface area contributed by atoms with E-state index in [4.69, 9.17) is 0 Å². The fraction of sp³-hybridized carbons (Fsp3) is 0.625. The molecule has 1 rings (SSSR count). The Balaban J connectivity index is 3.15. The highest BCUT2D eigenvalue weighted by atomic mass is 19.1. The van der Waals surface area contributed by atoms with Gasteiger partial charge in [0.1, 0.15) is 0 Å². The highest BCUT2D eigenvalue weighted by Crippen LogP contribution is 2.17. The van der Waals surface area contributed by atoms with Crippen LogP contribution < -0.4 is 0 Å². The standard InChI is InChI=1S/C8H13FN2/c1-6-7(9)10-5-11(6)8(2,3)4/h5H,1-4H3. The van der Waals surface area contributed by atoms with E-state index in [0.29, 0.717) is 5.69 Å². The van der Waals surface area contributed by atoms with Crippen LogP contribution in [0.1, 0.15) is 26.5 Å². The molecular formula is C8H13FN2. The maximum atomic E-state index is 12.7. The second kappa shape index (κ2) is 2.32. The normalized spacial score (nSPS) is 12.1. The summed E-state index contributed by atoms with van der Waals surface area (Å²) in [5, 5.41) is 0. The predicted octanol–water partition coefficient (Wildman–Crippen LogP) is 2.09. The van der Waals surface area contributed by atoms with E-state index >= 15 is 0 Å². The minimum atomic E-state index is -0.375. The fourth-order valence-corrected chi connectivity index (χ4v) is 1.06. The Morgan fingerprint density at radius 3 is 2.18 bits per heavy atom. The third-order valence-corrected chi connectivity index (χ3v) is 1.67.